The van der Waals surface area contributed by atoms with E-state index in [1.807, 2.05) is 0 Å². The Morgan fingerprint density at radius 2 is 2.11 bits per heavy atom. The predicted octanol–water partition coefficient (Wildman–Crippen LogP) is 5.34. The molecule has 1 unspecified atom stereocenters. The van der Waals surface area contributed by atoms with Crippen molar-refractivity contribution in [2.75, 3.05) is 25.4 Å². The molecule has 0 saturated carbocycles. The normalized spacial score (nSPS) is 21.2. The lowest BCUT2D eigenvalue weighted by Gasteiger charge is -2.34. The Hall–Kier alpha value is -1.53. The fraction of sp³-hybridized carbons (Fsp3) is 0.667. The summed E-state index contributed by atoms with van der Waals surface area (Å²) in [7, 11) is 0. The van der Waals surface area contributed by atoms with Crippen LogP contribution in [-0.4, -0.2) is 40.3 Å². The molecule has 0 bridgehead atoms. The van der Waals surface area contributed by atoms with Crippen LogP contribution in [0.15, 0.2) is 16.6 Å². The quantitative estimate of drug-likeness (QED) is 0.682. The second-order valence-corrected chi connectivity index (χ2v) is 9.25. The van der Waals surface area contributed by atoms with Crippen molar-refractivity contribution < 1.29 is 4.70 Å². The number of nitrogens with zero attached hydrogens (tertiary/aromatic N) is 4. The molecule has 1 atom stereocenters. The van der Waals surface area contributed by atoms with E-state index in [-0.39, 0.29) is 0 Å². The summed E-state index contributed by atoms with van der Waals surface area (Å²) < 4.78 is 3.60. The summed E-state index contributed by atoms with van der Waals surface area (Å²) in [5.41, 5.74) is 9.61. The van der Waals surface area contributed by atoms with E-state index in [9.17, 15) is 0 Å². The van der Waals surface area contributed by atoms with Gasteiger partial charge in [-0.2, -0.15) is 0 Å². The monoisotopic (exact) mass is 386 g/mol. The number of unbranched alkanes of at least 4 members (excludes halogenated alkanes) is 1. The first kappa shape index (κ1) is 18.8. The molecule has 5 nitrogen and oxygen atoms in total. The van der Waals surface area contributed by atoms with Gasteiger partial charge in [-0.1, -0.05) is 13.3 Å². The first-order valence-electron chi connectivity index (χ1n) is 10.5. The zero-order chi connectivity index (χ0) is 19.0. The number of hydrogen-bond donors (Lipinski definition) is 1. The standard InChI is InChI=1S/C21H31N5S/c1-4-5-9-26-17(13-15-6-10-25(11-7-15)14(2)3)18-19(24-26)21(22)23-16-8-12-27-20(16)18/h8,12,14-15,17,22H,4-7,9-11,13H2,1-3H3/p+1. The van der Waals surface area contributed by atoms with E-state index in [0.29, 0.717) is 17.9 Å². The van der Waals surface area contributed by atoms with Gasteiger partial charge in [0, 0.05) is 18.9 Å². The van der Waals surface area contributed by atoms with Crippen LogP contribution in [0.3, 0.4) is 0 Å². The zero-order valence-corrected chi connectivity index (χ0v) is 17.6. The Balaban J connectivity index is 1.61. The van der Waals surface area contributed by atoms with E-state index in [1.165, 1.54) is 55.5 Å². The molecular weight excluding hydrogens is 354 g/mol. The van der Waals surface area contributed by atoms with Crippen molar-refractivity contribution in [1.29, 1.82) is 0 Å². The molecule has 1 fully saturated rings. The van der Waals surface area contributed by atoms with Gasteiger partial charge in [0.05, 0.1) is 15.8 Å². The third kappa shape index (κ3) is 3.61. The fourth-order valence-electron chi connectivity index (χ4n) is 4.57. The second-order valence-electron chi connectivity index (χ2n) is 8.34. The van der Waals surface area contributed by atoms with Gasteiger partial charge in [-0.25, -0.2) is 4.98 Å². The van der Waals surface area contributed by atoms with Crippen molar-refractivity contribution in [3.05, 3.63) is 17.0 Å². The van der Waals surface area contributed by atoms with Gasteiger partial charge in [-0.15, -0.1) is 16.0 Å². The topological polar surface area (TPSA) is 57.5 Å². The van der Waals surface area contributed by atoms with Gasteiger partial charge in [-0.05, 0) is 62.3 Å². The molecule has 2 aromatic rings. The van der Waals surface area contributed by atoms with E-state index in [2.05, 4.69) is 46.8 Å². The smallest absolute Gasteiger partial charge is 0.207 e. The van der Waals surface area contributed by atoms with E-state index in [4.69, 9.17) is 10.8 Å². The van der Waals surface area contributed by atoms with Crippen LogP contribution in [0.1, 0.15) is 64.5 Å². The van der Waals surface area contributed by atoms with Crippen LogP contribution in [-0.2, 0) is 0 Å². The Morgan fingerprint density at radius 3 is 2.81 bits per heavy atom. The average molecular weight is 387 g/mol. The molecule has 6 heteroatoms. The molecule has 1 saturated heterocycles. The molecular formula is C21H32N5S+. The summed E-state index contributed by atoms with van der Waals surface area (Å²) in [5, 5.41) is 7.08. The molecule has 0 aliphatic carbocycles. The van der Waals surface area contributed by atoms with Crippen molar-refractivity contribution in [3.63, 3.8) is 0 Å². The molecule has 2 aliphatic heterocycles. The van der Waals surface area contributed by atoms with E-state index < -0.39 is 0 Å². The summed E-state index contributed by atoms with van der Waals surface area (Å²) in [6.45, 7) is 10.3. The predicted molar refractivity (Wildman–Crippen MR) is 113 cm³/mol. The van der Waals surface area contributed by atoms with Crippen LogP contribution in [0.4, 0.5) is 11.5 Å². The minimum absolute atomic E-state index is 0.355. The highest BCUT2D eigenvalue weighted by Crippen LogP contribution is 2.47. The molecule has 0 spiro atoms. The van der Waals surface area contributed by atoms with Gasteiger partial charge in [0.1, 0.15) is 0 Å². The minimum Gasteiger partial charge on any atom is -0.382 e. The van der Waals surface area contributed by atoms with Gasteiger partial charge in [0.2, 0.25) is 6.04 Å². The van der Waals surface area contributed by atoms with E-state index in [1.54, 1.807) is 11.3 Å². The lowest BCUT2D eigenvalue weighted by molar-refractivity contribution is -0.626. The van der Waals surface area contributed by atoms with Gasteiger partial charge < -0.3 is 10.6 Å². The second kappa shape index (κ2) is 7.84. The number of nitrogens with two attached hydrogens (primary N) is 1. The molecule has 2 N–H and O–H groups in total. The summed E-state index contributed by atoms with van der Waals surface area (Å²) in [6, 6.07) is 3.10. The molecule has 4 heterocycles. The number of thiophene rings is 1. The van der Waals surface area contributed by atoms with Crippen molar-refractivity contribution in [1.82, 2.24) is 9.88 Å². The summed E-state index contributed by atoms with van der Waals surface area (Å²) in [5.74, 6) is 1.36. The maximum absolute atomic E-state index is 6.30. The van der Waals surface area contributed by atoms with Gasteiger partial charge in [0.15, 0.2) is 18.1 Å². The number of nitrogen functional groups attached to an aromatic ring is 1. The third-order valence-corrected chi connectivity index (χ3v) is 7.16. The number of azo groups is 2. The Morgan fingerprint density at radius 1 is 1.33 bits per heavy atom. The Bertz CT molecular complexity index is 832. The van der Waals surface area contributed by atoms with Gasteiger partial charge in [-0.3, -0.25) is 0 Å². The number of pyridine rings is 1. The molecule has 146 valence electrons. The first-order valence-corrected chi connectivity index (χ1v) is 11.3. The lowest BCUT2D eigenvalue weighted by Crippen LogP contribution is -2.39. The van der Waals surface area contributed by atoms with Gasteiger partial charge in [0.25, 0.3) is 0 Å². The number of aromatic nitrogens is 1. The number of likely N-dealkylation sites (tertiary alicyclic amines) is 1. The third-order valence-electron chi connectivity index (χ3n) is 6.23. The van der Waals surface area contributed by atoms with Crippen LogP contribution in [0.2, 0.25) is 0 Å². The molecule has 2 aromatic heterocycles. The van der Waals surface area contributed by atoms with Crippen LogP contribution in [0.25, 0.3) is 10.2 Å². The molecule has 0 aromatic carbocycles. The largest absolute Gasteiger partial charge is 0.382 e. The van der Waals surface area contributed by atoms with Crippen molar-refractivity contribution >= 4 is 33.1 Å². The number of rotatable bonds is 6. The van der Waals surface area contributed by atoms with Crippen LogP contribution >= 0.6 is 11.3 Å². The first-order chi connectivity index (χ1) is 13.1. The molecule has 4 rings (SSSR count). The Labute approximate surface area is 166 Å². The molecule has 27 heavy (non-hydrogen) atoms. The van der Waals surface area contributed by atoms with Crippen molar-refractivity contribution in [2.45, 2.75) is 65.0 Å². The highest BCUT2D eigenvalue weighted by molar-refractivity contribution is 7.17. The molecule has 2 aliphatic rings. The van der Waals surface area contributed by atoms with E-state index in [0.717, 1.165) is 23.7 Å². The number of hydrogen-bond acceptors (Lipinski definition) is 5. The summed E-state index contributed by atoms with van der Waals surface area (Å²) in [4.78, 5) is 7.20. The minimum atomic E-state index is 0.355. The van der Waals surface area contributed by atoms with Crippen LogP contribution in [0, 0.1) is 5.92 Å². The number of fused-ring (bicyclic) bond motifs is 3. The maximum Gasteiger partial charge on any atom is 0.207 e. The highest BCUT2D eigenvalue weighted by atomic mass is 32.1. The zero-order valence-electron chi connectivity index (χ0n) is 16.8. The molecule has 0 amide bonds. The van der Waals surface area contributed by atoms with E-state index >= 15 is 0 Å². The van der Waals surface area contributed by atoms with Crippen molar-refractivity contribution in [3.8, 4) is 0 Å². The fourth-order valence-corrected chi connectivity index (χ4v) is 5.50. The summed E-state index contributed by atoms with van der Waals surface area (Å²) in [6.07, 6.45) is 6.12. The average Bonchev–Trinajstić information content (AvgIpc) is 3.25. The molecule has 0 radical (unpaired) electrons. The SMILES string of the molecule is CCCC[N+]1=Nc2c(N)nc3ccsc3c2C1CC1CCN(C(C)C)CC1. The maximum atomic E-state index is 6.30. The highest BCUT2D eigenvalue weighted by Gasteiger charge is 2.40. The van der Waals surface area contributed by atoms with Gasteiger partial charge >= 0.3 is 0 Å². The summed E-state index contributed by atoms with van der Waals surface area (Å²) >= 11 is 1.78. The van der Waals surface area contributed by atoms with Crippen LogP contribution in [0.5, 0.6) is 0 Å². The van der Waals surface area contributed by atoms with Crippen LogP contribution < -0.4 is 5.73 Å². The number of anilines is 1. The lowest BCUT2D eigenvalue weighted by atomic mass is 9.87. The Kier molecular flexibility index (Phi) is 5.46. The van der Waals surface area contributed by atoms with Crippen molar-refractivity contribution in [2.24, 2.45) is 11.0 Å². The number of piperidine rings is 1.